The van der Waals surface area contributed by atoms with Crippen molar-refractivity contribution in [2.45, 2.75) is 25.6 Å². The van der Waals surface area contributed by atoms with Gasteiger partial charge >= 0.3 is 18.0 Å². The van der Waals surface area contributed by atoms with Crippen LogP contribution < -0.4 is 16.2 Å². The largest absolute Gasteiger partial charge is 0.481 e. The van der Waals surface area contributed by atoms with Gasteiger partial charge in [0, 0.05) is 0 Å². The Morgan fingerprint density at radius 3 is 2.46 bits per heavy atom. The number of amides is 2. The first-order valence-corrected chi connectivity index (χ1v) is 11.0. The summed E-state index contributed by atoms with van der Waals surface area (Å²) in [4.78, 5) is 64.7. The van der Waals surface area contributed by atoms with Gasteiger partial charge in [0.1, 0.15) is 24.9 Å². The molecule has 0 radical (unpaired) electrons. The number of thiophene rings is 1. The van der Waals surface area contributed by atoms with Crippen molar-refractivity contribution in [3.8, 4) is 10.7 Å². The number of carboxylic acid groups (broad SMARTS) is 2. The second kappa shape index (κ2) is 11.6. The molecule has 35 heavy (non-hydrogen) atoms. The predicted octanol–water partition coefficient (Wildman–Crippen LogP) is 1.76. The fraction of sp³-hybridized carbons (Fsp3) is 0.182. The summed E-state index contributed by atoms with van der Waals surface area (Å²) < 4.78 is 6.05. The minimum atomic E-state index is -1.69. The fourth-order valence-corrected chi connectivity index (χ4v) is 3.68. The molecule has 182 valence electrons. The topological polar surface area (TPSA) is 177 Å². The van der Waals surface area contributed by atoms with Crippen molar-refractivity contribution >= 4 is 41.0 Å². The van der Waals surface area contributed by atoms with Crippen LogP contribution in [0.3, 0.4) is 0 Å². The third-order valence-corrected chi connectivity index (χ3v) is 5.42. The van der Waals surface area contributed by atoms with Crippen LogP contribution in [-0.2, 0) is 32.3 Å². The maximum atomic E-state index is 13.1. The van der Waals surface area contributed by atoms with E-state index in [4.69, 9.17) is 14.9 Å². The summed E-state index contributed by atoms with van der Waals surface area (Å²) in [5.41, 5.74) is -0.325. The number of ether oxygens (including phenoxy) is 1. The molecule has 12 nitrogen and oxygen atoms in total. The standard InChI is InChI=1S/C22H20N4O8S/c27-17(24-14(21(31)32)9-18(28)29)11-26-19(16-7-4-8-35-16)23-10-15(20(26)30)25-22(33)34-12-13-5-2-1-3-6-13/h1-8,10,14H,9,11-12H2,(H,24,27)(H,25,33)(H,28,29)(H,31,32)/t14-/m0/s1. The van der Waals surface area contributed by atoms with E-state index in [1.807, 2.05) is 6.07 Å². The number of rotatable bonds is 10. The molecule has 13 heteroatoms. The highest BCUT2D eigenvalue weighted by atomic mass is 32.1. The van der Waals surface area contributed by atoms with Crippen LogP contribution in [0, 0.1) is 0 Å². The molecule has 0 spiro atoms. The summed E-state index contributed by atoms with van der Waals surface area (Å²) in [6, 6.07) is 10.5. The number of carbonyl (C=O) groups is 4. The molecule has 2 aromatic heterocycles. The number of benzene rings is 1. The quantitative estimate of drug-likeness (QED) is 0.323. The van der Waals surface area contributed by atoms with Gasteiger partial charge in [0.2, 0.25) is 5.91 Å². The molecular weight excluding hydrogens is 480 g/mol. The second-order valence-electron chi connectivity index (χ2n) is 7.11. The Bertz CT molecular complexity index is 1270. The molecule has 3 rings (SSSR count). The van der Waals surface area contributed by atoms with E-state index in [0.29, 0.717) is 4.88 Å². The molecule has 0 bridgehead atoms. The van der Waals surface area contributed by atoms with E-state index in [-0.39, 0.29) is 18.1 Å². The first-order valence-electron chi connectivity index (χ1n) is 10.1. The van der Waals surface area contributed by atoms with Gasteiger partial charge in [-0.15, -0.1) is 11.3 Å². The second-order valence-corrected chi connectivity index (χ2v) is 8.05. The minimum Gasteiger partial charge on any atom is -0.481 e. The number of nitrogens with zero attached hydrogens (tertiary/aromatic N) is 2. The summed E-state index contributed by atoms with van der Waals surface area (Å²) in [6.07, 6.45) is -0.638. The minimum absolute atomic E-state index is 0.0376. The van der Waals surface area contributed by atoms with Crippen molar-refractivity contribution in [3.05, 3.63) is 70.0 Å². The van der Waals surface area contributed by atoms with Crippen molar-refractivity contribution in [1.82, 2.24) is 14.9 Å². The summed E-state index contributed by atoms with van der Waals surface area (Å²) in [5.74, 6) is -3.78. The maximum Gasteiger partial charge on any atom is 0.412 e. The molecule has 0 aliphatic carbocycles. The molecule has 1 aromatic carbocycles. The van der Waals surface area contributed by atoms with E-state index in [0.717, 1.165) is 16.3 Å². The van der Waals surface area contributed by atoms with Gasteiger partial charge in [-0.25, -0.2) is 14.6 Å². The van der Waals surface area contributed by atoms with E-state index in [9.17, 15) is 24.0 Å². The number of carboxylic acids is 2. The van der Waals surface area contributed by atoms with Gasteiger partial charge in [0.05, 0.1) is 17.5 Å². The van der Waals surface area contributed by atoms with E-state index < -0.39 is 48.5 Å². The Balaban J connectivity index is 1.81. The molecule has 0 aliphatic heterocycles. The van der Waals surface area contributed by atoms with Crippen LogP contribution in [0.25, 0.3) is 10.7 Å². The Hall–Kier alpha value is -4.52. The van der Waals surface area contributed by atoms with E-state index in [1.165, 1.54) is 11.3 Å². The van der Waals surface area contributed by atoms with E-state index in [2.05, 4.69) is 15.6 Å². The van der Waals surface area contributed by atoms with Gasteiger partial charge in [0.25, 0.3) is 5.56 Å². The average Bonchev–Trinajstić information content (AvgIpc) is 3.35. The third kappa shape index (κ3) is 6.98. The molecule has 0 saturated heterocycles. The first-order chi connectivity index (χ1) is 16.7. The zero-order chi connectivity index (χ0) is 25.4. The van der Waals surface area contributed by atoms with E-state index >= 15 is 0 Å². The molecule has 0 saturated carbocycles. The number of carbonyl (C=O) groups excluding carboxylic acids is 2. The van der Waals surface area contributed by atoms with Crippen molar-refractivity contribution in [2.75, 3.05) is 5.32 Å². The van der Waals surface area contributed by atoms with Crippen LogP contribution in [0.4, 0.5) is 10.5 Å². The number of nitrogens with one attached hydrogen (secondary N) is 2. The van der Waals surface area contributed by atoms with Crippen LogP contribution in [0.5, 0.6) is 0 Å². The van der Waals surface area contributed by atoms with Crippen molar-refractivity contribution < 1.29 is 34.1 Å². The summed E-state index contributed by atoms with van der Waals surface area (Å²) in [7, 11) is 0. The zero-order valence-corrected chi connectivity index (χ0v) is 18.9. The third-order valence-electron chi connectivity index (χ3n) is 4.55. The Labute approximate surface area is 201 Å². The van der Waals surface area contributed by atoms with Crippen LogP contribution in [0.1, 0.15) is 12.0 Å². The fourth-order valence-electron chi connectivity index (χ4n) is 2.95. The zero-order valence-electron chi connectivity index (χ0n) is 18.0. The lowest BCUT2D eigenvalue weighted by Gasteiger charge is -2.16. The normalized spacial score (nSPS) is 11.3. The number of anilines is 1. The number of hydrogen-bond donors (Lipinski definition) is 4. The van der Waals surface area contributed by atoms with Crippen LogP contribution in [0.2, 0.25) is 0 Å². The van der Waals surface area contributed by atoms with Crippen LogP contribution in [-0.4, -0.2) is 49.7 Å². The molecular formula is C22H20N4O8S. The van der Waals surface area contributed by atoms with E-state index in [1.54, 1.807) is 41.8 Å². The predicted molar refractivity (Wildman–Crippen MR) is 124 cm³/mol. The lowest BCUT2D eigenvalue weighted by atomic mass is 10.2. The lowest BCUT2D eigenvalue weighted by Crippen LogP contribution is -2.44. The summed E-state index contributed by atoms with van der Waals surface area (Å²) in [6.45, 7) is -0.707. The molecule has 3 aromatic rings. The molecule has 0 aliphatic rings. The van der Waals surface area contributed by atoms with Gasteiger partial charge in [0.15, 0.2) is 5.82 Å². The molecule has 1 atom stereocenters. The van der Waals surface area contributed by atoms with Gasteiger partial charge in [-0.3, -0.25) is 24.3 Å². The van der Waals surface area contributed by atoms with Gasteiger partial charge in [-0.05, 0) is 17.0 Å². The SMILES string of the molecule is O=C(O)C[C@H](NC(=O)Cn1c(-c2cccs2)ncc(NC(=O)OCc2ccccc2)c1=O)C(=O)O. The smallest absolute Gasteiger partial charge is 0.412 e. The maximum absolute atomic E-state index is 13.1. The molecule has 4 N–H and O–H groups in total. The highest BCUT2D eigenvalue weighted by Crippen LogP contribution is 2.22. The highest BCUT2D eigenvalue weighted by molar-refractivity contribution is 7.13. The van der Waals surface area contributed by atoms with Crippen molar-refractivity contribution in [1.29, 1.82) is 0 Å². The Morgan fingerprint density at radius 2 is 1.83 bits per heavy atom. The van der Waals surface area contributed by atoms with Crippen molar-refractivity contribution in [2.24, 2.45) is 0 Å². The monoisotopic (exact) mass is 500 g/mol. The number of aromatic nitrogens is 2. The van der Waals surface area contributed by atoms with Crippen molar-refractivity contribution in [3.63, 3.8) is 0 Å². The van der Waals surface area contributed by atoms with Crippen LogP contribution in [0.15, 0.2) is 58.8 Å². The highest BCUT2D eigenvalue weighted by Gasteiger charge is 2.24. The molecule has 2 heterocycles. The number of hydrogen-bond acceptors (Lipinski definition) is 8. The van der Waals surface area contributed by atoms with Gasteiger partial charge < -0.3 is 20.3 Å². The average molecular weight is 500 g/mol. The molecule has 0 fully saturated rings. The van der Waals surface area contributed by atoms with Crippen LogP contribution >= 0.6 is 11.3 Å². The molecule has 0 unspecified atom stereocenters. The summed E-state index contributed by atoms with van der Waals surface area (Å²) >= 11 is 1.24. The van der Waals surface area contributed by atoms with Gasteiger partial charge in [-0.2, -0.15) is 0 Å². The lowest BCUT2D eigenvalue weighted by molar-refractivity contribution is -0.147. The first kappa shape index (κ1) is 25.1. The summed E-state index contributed by atoms with van der Waals surface area (Å²) in [5, 5.41) is 24.1. The Kier molecular flexibility index (Phi) is 8.29. The Morgan fingerprint density at radius 1 is 1.09 bits per heavy atom. The van der Waals surface area contributed by atoms with Gasteiger partial charge in [-0.1, -0.05) is 36.4 Å². The molecule has 2 amide bonds. The number of aliphatic carboxylic acids is 2.